The highest BCUT2D eigenvalue weighted by Crippen LogP contribution is 2.40. The Hall–Kier alpha value is -2.30. The number of halogens is 1. The molecule has 0 radical (unpaired) electrons. The van der Waals surface area contributed by atoms with Crippen LogP contribution < -0.4 is 0 Å². The van der Waals surface area contributed by atoms with Crippen molar-refractivity contribution in [3.8, 4) is 0 Å². The molecule has 0 N–H and O–H groups in total. The van der Waals surface area contributed by atoms with Crippen molar-refractivity contribution in [2.24, 2.45) is 4.99 Å². The summed E-state index contributed by atoms with van der Waals surface area (Å²) in [6.45, 7) is 0. The normalized spacial score (nSPS) is 16.6. The van der Waals surface area contributed by atoms with Gasteiger partial charge in [0.05, 0.1) is 21.9 Å². The minimum Gasteiger partial charge on any atom is -0.258 e. The molecule has 0 amide bonds. The first kappa shape index (κ1) is 9.89. The number of aliphatic imine (C=N–C) groups is 1. The molecular formula is C12H7FN2O2. The van der Waals surface area contributed by atoms with E-state index in [1.165, 1.54) is 18.2 Å². The molecule has 5 heteroatoms. The molecule has 84 valence electrons. The number of hydrogen-bond donors (Lipinski definition) is 0. The lowest BCUT2D eigenvalue weighted by molar-refractivity contribution is -0.417. The van der Waals surface area contributed by atoms with Crippen LogP contribution in [0.1, 0.15) is 12.0 Å². The first-order chi connectivity index (χ1) is 8.16. The highest BCUT2D eigenvalue weighted by atomic mass is 19.1. The molecule has 2 aliphatic rings. The van der Waals surface area contributed by atoms with Gasteiger partial charge in [-0.3, -0.25) is 15.1 Å². The average molecular weight is 230 g/mol. The number of benzene rings is 1. The molecule has 0 bridgehead atoms. The molecule has 17 heavy (non-hydrogen) atoms. The van der Waals surface area contributed by atoms with Gasteiger partial charge in [-0.1, -0.05) is 6.08 Å². The van der Waals surface area contributed by atoms with Gasteiger partial charge in [0.1, 0.15) is 5.82 Å². The van der Waals surface area contributed by atoms with Gasteiger partial charge < -0.3 is 0 Å². The fraction of sp³-hybridized carbons (Fsp3) is 0.0833. The van der Waals surface area contributed by atoms with E-state index in [0.717, 1.165) is 0 Å². The highest BCUT2D eigenvalue weighted by Gasteiger charge is 2.30. The van der Waals surface area contributed by atoms with Gasteiger partial charge in [-0.15, -0.1) is 0 Å². The smallest absolute Gasteiger partial charge is 0.258 e. The number of hydrogen-bond acceptors (Lipinski definition) is 3. The third-order valence-electron chi connectivity index (χ3n) is 2.81. The Morgan fingerprint density at radius 1 is 1.41 bits per heavy atom. The van der Waals surface area contributed by atoms with Crippen molar-refractivity contribution in [2.75, 3.05) is 0 Å². The lowest BCUT2D eigenvalue weighted by Gasteiger charge is -2.07. The zero-order valence-electron chi connectivity index (χ0n) is 8.68. The second-order valence-corrected chi connectivity index (χ2v) is 3.84. The largest absolute Gasteiger partial charge is 0.278 e. The fourth-order valence-electron chi connectivity index (χ4n) is 2.11. The van der Waals surface area contributed by atoms with E-state index < -0.39 is 10.7 Å². The summed E-state index contributed by atoms with van der Waals surface area (Å²) >= 11 is 0. The van der Waals surface area contributed by atoms with Gasteiger partial charge in [-0.25, -0.2) is 4.39 Å². The minimum absolute atomic E-state index is 0.0145. The van der Waals surface area contributed by atoms with Crippen LogP contribution >= 0.6 is 0 Å². The molecular weight excluding hydrogens is 223 g/mol. The van der Waals surface area contributed by atoms with Gasteiger partial charge >= 0.3 is 0 Å². The standard InChI is InChI=1S/C12H7FN2O2/c13-7-4-5-9-8(6-7)12-10(14-9)2-1-3-11(12)15(16)17/h1,3-6H,2H2. The number of rotatable bonds is 1. The maximum atomic E-state index is 13.2. The van der Waals surface area contributed by atoms with Crippen LogP contribution in [0.4, 0.5) is 10.1 Å². The van der Waals surface area contributed by atoms with Crippen LogP contribution in [0.3, 0.4) is 0 Å². The van der Waals surface area contributed by atoms with E-state index in [0.29, 0.717) is 29.0 Å². The number of nitrogens with zero attached hydrogens (tertiary/aromatic N) is 2. The molecule has 1 aliphatic carbocycles. The minimum atomic E-state index is -0.458. The SMILES string of the molecule is O=[N+]([O-])C1=C2C(=Nc3ccc(F)cc32)CC=C1. The van der Waals surface area contributed by atoms with E-state index in [1.807, 2.05) is 0 Å². The molecule has 3 rings (SSSR count). The summed E-state index contributed by atoms with van der Waals surface area (Å²) in [7, 11) is 0. The van der Waals surface area contributed by atoms with Crippen molar-refractivity contribution in [3.63, 3.8) is 0 Å². The molecule has 1 aromatic carbocycles. The van der Waals surface area contributed by atoms with E-state index in [4.69, 9.17) is 0 Å². The summed E-state index contributed by atoms with van der Waals surface area (Å²) in [6.07, 6.45) is 3.69. The van der Waals surface area contributed by atoms with Gasteiger partial charge in [0.2, 0.25) is 0 Å². The molecule has 0 spiro atoms. The first-order valence-electron chi connectivity index (χ1n) is 5.10. The molecule has 1 aliphatic heterocycles. The Kier molecular flexibility index (Phi) is 1.95. The van der Waals surface area contributed by atoms with Crippen LogP contribution in [0.5, 0.6) is 0 Å². The first-order valence-corrected chi connectivity index (χ1v) is 5.10. The molecule has 1 heterocycles. The van der Waals surface area contributed by atoms with Crippen LogP contribution in [0.2, 0.25) is 0 Å². The summed E-state index contributed by atoms with van der Waals surface area (Å²) in [5.74, 6) is -0.412. The average Bonchev–Trinajstić information content (AvgIpc) is 2.66. The van der Waals surface area contributed by atoms with Gasteiger partial charge in [0, 0.05) is 18.1 Å². The molecule has 0 aromatic heterocycles. The van der Waals surface area contributed by atoms with E-state index >= 15 is 0 Å². The third kappa shape index (κ3) is 1.39. The molecule has 0 saturated heterocycles. The van der Waals surface area contributed by atoms with Crippen LogP contribution in [0.25, 0.3) is 5.57 Å². The lowest BCUT2D eigenvalue weighted by atomic mass is 9.95. The number of fused-ring (bicyclic) bond motifs is 3. The Morgan fingerprint density at radius 3 is 3.00 bits per heavy atom. The number of nitro groups is 1. The van der Waals surface area contributed by atoms with Crippen LogP contribution in [-0.2, 0) is 0 Å². The van der Waals surface area contributed by atoms with Crippen molar-refractivity contribution >= 4 is 17.0 Å². The highest BCUT2D eigenvalue weighted by molar-refractivity contribution is 6.30. The molecule has 0 saturated carbocycles. The van der Waals surface area contributed by atoms with Crippen molar-refractivity contribution in [1.82, 2.24) is 0 Å². The zero-order valence-corrected chi connectivity index (χ0v) is 8.68. The maximum Gasteiger partial charge on any atom is 0.278 e. The second-order valence-electron chi connectivity index (χ2n) is 3.84. The second kappa shape index (κ2) is 3.35. The van der Waals surface area contributed by atoms with E-state index in [9.17, 15) is 14.5 Å². The van der Waals surface area contributed by atoms with Crippen molar-refractivity contribution in [3.05, 3.63) is 57.5 Å². The van der Waals surface area contributed by atoms with Crippen LogP contribution in [0, 0.1) is 15.9 Å². The van der Waals surface area contributed by atoms with Gasteiger partial charge in [0.15, 0.2) is 0 Å². The maximum absolute atomic E-state index is 13.2. The predicted octanol–water partition coefficient (Wildman–Crippen LogP) is 2.86. The van der Waals surface area contributed by atoms with Gasteiger partial charge in [-0.2, -0.15) is 0 Å². The van der Waals surface area contributed by atoms with E-state index in [2.05, 4.69) is 4.99 Å². The lowest BCUT2D eigenvalue weighted by Crippen LogP contribution is -2.09. The van der Waals surface area contributed by atoms with Crippen molar-refractivity contribution in [2.45, 2.75) is 6.42 Å². The molecule has 1 aromatic rings. The molecule has 0 unspecified atom stereocenters. The summed E-state index contributed by atoms with van der Waals surface area (Å²) < 4.78 is 13.2. The summed E-state index contributed by atoms with van der Waals surface area (Å²) in [4.78, 5) is 14.8. The molecule has 4 nitrogen and oxygen atoms in total. The molecule has 0 fully saturated rings. The monoisotopic (exact) mass is 230 g/mol. The Labute approximate surface area is 95.9 Å². The van der Waals surface area contributed by atoms with Crippen LogP contribution in [0.15, 0.2) is 41.0 Å². The summed E-state index contributed by atoms with van der Waals surface area (Å²) in [5, 5.41) is 10.9. The van der Waals surface area contributed by atoms with Gasteiger partial charge in [-0.05, 0) is 18.2 Å². The van der Waals surface area contributed by atoms with Crippen molar-refractivity contribution < 1.29 is 9.31 Å². The van der Waals surface area contributed by atoms with Crippen molar-refractivity contribution in [1.29, 1.82) is 0 Å². The number of allylic oxidation sites excluding steroid dienone is 3. The molecule has 0 atom stereocenters. The van der Waals surface area contributed by atoms with E-state index in [1.54, 1.807) is 12.1 Å². The Bertz CT molecular complexity index is 629. The topological polar surface area (TPSA) is 55.5 Å². The fourth-order valence-corrected chi connectivity index (χ4v) is 2.11. The quantitative estimate of drug-likeness (QED) is 0.550. The predicted molar refractivity (Wildman–Crippen MR) is 61.2 cm³/mol. The van der Waals surface area contributed by atoms with Crippen LogP contribution in [-0.4, -0.2) is 10.6 Å². The zero-order chi connectivity index (χ0) is 12.0. The van der Waals surface area contributed by atoms with E-state index in [-0.39, 0.29) is 5.70 Å². The van der Waals surface area contributed by atoms with Gasteiger partial charge in [0.25, 0.3) is 5.70 Å². The summed E-state index contributed by atoms with van der Waals surface area (Å²) in [5.41, 5.74) is 2.18. The summed E-state index contributed by atoms with van der Waals surface area (Å²) in [6, 6.07) is 4.14. The third-order valence-corrected chi connectivity index (χ3v) is 2.81. The Morgan fingerprint density at radius 2 is 2.24 bits per heavy atom. The Balaban J connectivity index is 2.30.